The second kappa shape index (κ2) is 6.54. The van der Waals surface area contributed by atoms with Gasteiger partial charge in [0.05, 0.1) is 4.92 Å². The van der Waals surface area contributed by atoms with Gasteiger partial charge in [-0.1, -0.05) is 6.92 Å². The van der Waals surface area contributed by atoms with E-state index in [1.165, 1.54) is 18.9 Å². The van der Waals surface area contributed by atoms with Crippen molar-refractivity contribution >= 4 is 17.3 Å². The van der Waals surface area contributed by atoms with Gasteiger partial charge in [-0.3, -0.25) is 10.1 Å². The number of anilines is 2. The molecule has 110 valence electrons. The first kappa shape index (κ1) is 14.6. The average molecular weight is 278 g/mol. The van der Waals surface area contributed by atoms with Crippen LogP contribution in [0.15, 0.2) is 12.1 Å². The topological polar surface area (TPSA) is 80.1 Å². The molecule has 6 nitrogen and oxygen atoms in total. The third-order valence-corrected chi connectivity index (χ3v) is 3.79. The summed E-state index contributed by atoms with van der Waals surface area (Å²) in [6.45, 7) is 4.96. The number of hydrogen-bond acceptors (Lipinski definition) is 5. The molecule has 1 heterocycles. The third kappa shape index (κ3) is 3.59. The fourth-order valence-electron chi connectivity index (χ4n) is 2.58. The van der Waals surface area contributed by atoms with Gasteiger partial charge in [0.1, 0.15) is 5.82 Å². The van der Waals surface area contributed by atoms with Gasteiger partial charge in [-0.2, -0.15) is 0 Å². The standard InChI is InChI=1S/C14H22N4O2/c1-3-15-13-9-8-12(18(19)20)14(17-13)16-11-6-4-10(2)5-7-11/h8-11H,3-7H2,1-2H3,(H2,15,16,17). The molecule has 1 aliphatic carbocycles. The van der Waals surface area contributed by atoms with E-state index >= 15 is 0 Å². The maximum atomic E-state index is 11.1. The number of nitrogens with zero attached hydrogens (tertiary/aromatic N) is 2. The second-order valence-corrected chi connectivity index (χ2v) is 5.45. The number of hydrogen-bond donors (Lipinski definition) is 2. The highest BCUT2D eigenvalue weighted by Gasteiger charge is 2.22. The van der Waals surface area contributed by atoms with Crippen molar-refractivity contribution in [1.82, 2.24) is 4.98 Å². The summed E-state index contributed by atoms with van der Waals surface area (Å²) in [4.78, 5) is 15.0. The molecule has 0 aliphatic heterocycles. The van der Waals surface area contributed by atoms with E-state index < -0.39 is 0 Å². The van der Waals surface area contributed by atoms with Crippen LogP contribution in [0, 0.1) is 16.0 Å². The molecule has 0 spiro atoms. The number of nitrogens with one attached hydrogen (secondary N) is 2. The molecular formula is C14H22N4O2. The second-order valence-electron chi connectivity index (χ2n) is 5.45. The molecule has 0 atom stereocenters. The Morgan fingerprint density at radius 2 is 2.05 bits per heavy atom. The highest BCUT2D eigenvalue weighted by atomic mass is 16.6. The fourth-order valence-corrected chi connectivity index (χ4v) is 2.58. The molecule has 0 radical (unpaired) electrons. The van der Waals surface area contributed by atoms with Crippen molar-refractivity contribution in [2.75, 3.05) is 17.2 Å². The third-order valence-electron chi connectivity index (χ3n) is 3.79. The quantitative estimate of drug-likeness (QED) is 0.637. The monoisotopic (exact) mass is 278 g/mol. The Kier molecular flexibility index (Phi) is 4.76. The maximum absolute atomic E-state index is 11.1. The Morgan fingerprint density at radius 1 is 1.35 bits per heavy atom. The smallest absolute Gasteiger partial charge is 0.311 e. The van der Waals surface area contributed by atoms with Crippen LogP contribution in [0.4, 0.5) is 17.3 Å². The highest BCUT2D eigenvalue weighted by Crippen LogP contribution is 2.29. The van der Waals surface area contributed by atoms with Crippen molar-refractivity contribution in [1.29, 1.82) is 0 Å². The van der Waals surface area contributed by atoms with Gasteiger partial charge in [0.15, 0.2) is 0 Å². The molecule has 20 heavy (non-hydrogen) atoms. The summed E-state index contributed by atoms with van der Waals surface area (Å²) in [5, 5.41) is 17.4. The molecule has 0 unspecified atom stereocenters. The lowest BCUT2D eigenvalue weighted by Gasteiger charge is -2.27. The lowest BCUT2D eigenvalue weighted by Crippen LogP contribution is -2.26. The Bertz CT molecular complexity index is 470. The van der Waals surface area contributed by atoms with E-state index in [0.717, 1.165) is 25.3 Å². The molecule has 2 N–H and O–H groups in total. The van der Waals surface area contributed by atoms with Gasteiger partial charge in [0, 0.05) is 18.7 Å². The van der Waals surface area contributed by atoms with Gasteiger partial charge >= 0.3 is 5.69 Å². The summed E-state index contributed by atoms with van der Waals surface area (Å²) >= 11 is 0. The Balaban J connectivity index is 2.14. The number of aromatic nitrogens is 1. The summed E-state index contributed by atoms with van der Waals surface area (Å²) in [5.41, 5.74) is 0.0466. The van der Waals surface area contributed by atoms with Gasteiger partial charge in [0.2, 0.25) is 5.82 Å². The molecule has 0 saturated heterocycles. The minimum absolute atomic E-state index is 0.0466. The van der Waals surface area contributed by atoms with Crippen LogP contribution < -0.4 is 10.6 Å². The number of rotatable bonds is 5. The van der Waals surface area contributed by atoms with E-state index in [-0.39, 0.29) is 16.7 Å². The molecular weight excluding hydrogens is 256 g/mol. The predicted octanol–water partition coefficient (Wildman–Crippen LogP) is 3.41. The van der Waals surface area contributed by atoms with Gasteiger partial charge in [-0.15, -0.1) is 0 Å². The summed E-state index contributed by atoms with van der Waals surface area (Å²) in [6, 6.07) is 3.45. The molecule has 2 rings (SSSR count). The zero-order valence-electron chi connectivity index (χ0n) is 12.1. The van der Waals surface area contributed by atoms with Gasteiger partial charge < -0.3 is 10.6 Å². The Labute approximate surface area is 119 Å². The molecule has 1 fully saturated rings. The fraction of sp³-hybridized carbons (Fsp3) is 0.643. The predicted molar refractivity (Wildman–Crippen MR) is 80.1 cm³/mol. The summed E-state index contributed by atoms with van der Waals surface area (Å²) in [5.74, 6) is 1.81. The van der Waals surface area contributed by atoms with Crippen LogP contribution in [0.5, 0.6) is 0 Å². The number of pyridine rings is 1. The maximum Gasteiger partial charge on any atom is 0.311 e. The van der Waals surface area contributed by atoms with Gasteiger partial charge in [-0.05, 0) is 44.6 Å². The van der Waals surface area contributed by atoms with Crippen LogP contribution in [-0.4, -0.2) is 22.5 Å². The van der Waals surface area contributed by atoms with E-state index in [9.17, 15) is 10.1 Å². The van der Waals surface area contributed by atoms with Crippen LogP contribution in [0.2, 0.25) is 0 Å². The molecule has 1 aliphatic rings. The normalized spacial score (nSPS) is 22.3. The average Bonchev–Trinajstić information content (AvgIpc) is 2.42. The molecule has 1 aromatic rings. The lowest BCUT2D eigenvalue weighted by atomic mass is 9.87. The van der Waals surface area contributed by atoms with Crippen LogP contribution in [0.25, 0.3) is 0 Å². The first-order valence-electron chi connectivity index (χ1n) is 7.26. The summed E-state index contributed by atoms with van der Waals surface area (Å²) in [6.07, 6.45) is 4.42. The number of nitro groups is 1. The van der Waals surface area contributed by atoms with Gasteiger partial charge in [0.25, 0.3) is 0 Å². The van der Waals surface area contributed by atoms with Crippen molar-refractivity contribution in [3.8, 4) is 0 Å². The van der Waals surface area contributed by atoms with Gasteiger partial charge in [-0.25, -0.2) is 4.98 Å². The van der Waals surface area contributed by atoms with Crippen molar-refractivity contribution in [2.24, 2.45) is 5.92 Å². The Hall–Kier alpha value is -1.85. The van der Waals surface area contributed by atoms with Crippen LogP contribution in [0.3, 0.4) is 0 Å². The van der Waals surface area contributed by atoms with Crippen LogP contribution >= 0.6 is 0 Å². The zero-order chi connectivity index (χ0) is 14.5. The molecule has 1 aromatic heterocycles. The molecule has 0 aromatic carbocycles. The summed E-state index contributed by atoms with van der Waals surface area (Å²) < 4.78 is 0. The SMILES string of the molecule is CCNc1ccc([N+](=O)[O-])c(NC2CCC(C)CC2)n1. The lowest BCUT2D eigenvalue weighted by molar-refractivity contribution is -0.384. The minimum Gasteiger partial charge on any atom is -0.370 e. The van der Waals surface area contributed by atoms with Crippen LogP contribution in [-0.2, 0) is 0 Å². The summed E-state index contributed by atoms with van der Waals surface area (Å²) in [7, 11) is 0. The van der Waals surface area contributed by atoms with E-state index in [0.29, 0.717) is 11.6 Å². The van der Waals surface area contributed by atoms with E-state index in [1.807, 2.05) is 6.92 Å². The van der Waals surface area contributed by atoms with Crippen molar-refractivity contribution in [3.63, 3.8) is 0 Å². The van der Waals surface area contributed by atoms with E-state index in [4.69, 9.17) is 0 Å². The zero-order valence-corrected chi connectivity index (χ0v) is 12.1. The van der Waals surface area contributed by atoms with Crippen molar-refractivity contribution in [3.05, 3.63) is 22.2 Å². The molecule has 6 heteroatoms. The first-order chi connectivity index (χ1) is 9.60. The van der Waals surface area contributed by atoms with E-state index in [2.05, 4.69) is 22.5 Å². The largest absolute Gasteiger partial charge is 0.370 e. The molecule has 0 bridgehead atoms. The van der Waals surface area contributed by atoms with Crippen molar-refractivity contribution in [2.45, 2.75) is 45.6 Å². The first-order valence-corrected chi connectivity index (χ1v) is 7.26. The van der Waals surface area contributed by atoms with Crippen LogP contribution in [0.1, 0.15) is 39.5 Å². The van der Waals surface area contributed by atoms with Crippen molar-refractivity contribution < 1.29 is 4.92 Å². The minimum atomic E-state index is -0.378. The molecule has 0 amide bonds. The highest BCUT2D eigenvalue weighted by molar-refractivity contribution is 5.60. The van der Waals surface area contributed by atoms with E-state index in [1.54, 1.807) is 6.07 Å². The Morgan fingerprint density at radius 3 is 2.65 bits per heavy atom. The molecule has 1 saturated carbocycles.